The third kappa shape index (κ3) is 3.50. The van der Waals surface area contributed by atoms with E-state index >= 15 is 0 Å². The Hall–Kier alpha value is -2.78. The summed E-state index contributed by atoms with van der Waals surface area (Å²) in [6, 6.07) is 7.18. The molecule has 9 heteroatoms. The molecule has 1 saturated heterocycles. The summed E-state index contributed by atoms with van der Waals surface area (Å²) >= 11 is 0. The fourth-order valence-corrected chi connectivity index (χ4v) is 4.73. The molecule has 3 heterocycles. The van der Waals surface area contributed by atoms with E-state index in [1.807, 2.05) is 36.7 Å². The Morgan fingerprint density at radius 3 is 2.36 bits per heavy atom. The lowest BCUT2D eigenvalue weighted by atomic mass is 10.1. The molecule has 28 heavy (non-hydrogen) atoms. The highest BCUT2D eigenvalue weighted by Gasteiger charge is 2.29. The minimum atomic E-state index is -3.49. The van der Waals surface area contributed by atoms with Crippen molar-refractivity contribution in [2.45, 2.75) is 18.7 Å². The van der Waals surface area contributed by atoms with Gasteiger partial charge in [0.15, 0.2) is 0 Å². The number of imidazole rings is 1. The minimum absolute atomic E-state index is 0.355. The van der Waals surface area contributed by atoms with Crippen molar-refractivity contribution in [1.82, 2.24) is 23.8 Å². The lowest BCUT2D eigenvalue weighted by molar-refractivity contribution is 0.383. The van der Waals surface area contributed by atoms with Gasteiger partial charge in [0.05, 0.1) is 4.90 Å². The summed E-state index contributed by atoms with van der Waals surface area (Å²) in [5, 5.41) is 0. The van der Waals surface area contributed by atoms with E-state index in [-0.39, 0.29) is 0 Å². The zero-order valence-corrected chi connectivity index (χ0v) is 16.7. The molecule has 0 saturated carbocycles. The summed E-state index contributed by atoms with van der Waals surface area (Å²) in [4.78, 5) is 15.1. The predicted octanol–water partition coefficient (Wildman–Crippen LogP) is 1.79. The van der Waals surface area contributed by atoms with Gasteiger partial charge in [-0.25, -0.2) is 23.4 Å². The fourth-order valence-electron chi connectivity index (χ4n) is 3.23. The Morgan fingerprint density at radius 1 is 0.929 bits per heavy atom. The van der Waals surface area contributed by atoms with Crippen LogP contribution in [0.15, 0.2) is 54.2 Å². The molecular weight excluding hydrogens is 376 g/mol. The number of nitrogens with zero attached hydrogens (tertiary/aromatic N) is 6. The SMILES string of the molecule is Cc1ccc(S(=O)(=O)N2CCN(c3cc(-n4ccnc4)ncn3)CC2)cc1C. The van der Waals surface area contributed by atoms with E-state index in [2.05, 4.69) is 19.9 Å². The summed E-state index contributed by atoms with van der Waals surface area (Å²) in [6.45, 7) is 5.89. The summed E-state index contributed by atoms with van der Waals surface area (Å²) in [5.41, 5.74) is 2.06. The molecule has 1 aliphatic rings. The smallest absolute Gasteiger partial charge is 0.243 e. The van der Waals surface area contributed by atoms with Gasteiger partial charge in [0.25, 0.3) is 0 Å². The van der Waals surface area contributed by atoms with E-state index in [1.54, 1.807) is 29.0 Å². The normalized spacial score (nSPS) is 15.7. The monoisotopic (exact) mass is 398 g/mol. The number of piperazine rings is 1. The Balaban J connectivity index is 1.49. The second kappa shape index (κ2) is 7.33. The van der Waals surface area contributed by atoms with Crippen LogP contribution in [0, 0.1) is 13.8 Å². The van der Waals surface area contributed by atoms with Crippen LogP contribution in [0.2, 0.25) is 0 Å². The van der Waals surface area contributed by atoms with Crippen LogP contribution in [0.5, 0.6) is 0 Å². The molecule has 0 atom stereocenters. The van der Waals surface area contributed by atoms with Crippen LogP contribution in [0.1, 0.15) is 11.1 Å². The van der Waals surface area contributed by atoms with Gasteiger partial charge in [-0.15, -0.1) is 0 Å². The first-order chi connectivity index (χ1) is 13.4. The molecule has 8 nitrogen and oxygen atoms in total. The maximum absolute atomic E-state index is 13.0. The molecule has 0 unspecified atom stereocenters. The van der Waals surface area contributed by atoms with Gasteiger partial charge >= 0.3 is 0 Å². The summed E-state index contributed by atoms with van der Waals surface area (Å²) in [6.07, 6.45) is 6.71. The van der Waals surface area contributed by atoms with Crippen molar-refractivity contribution in [3.8, 4) is 5.82 Å². The highest BCUT2D eigenvalue weighted by Crippen LogP contribution is 2.22. The standard InChI is InChI=1S/C19H22N6O2S/c1-15-3-4-17(11-16(15)2)28(26,27)25-9-7-23(8-10-25)18-12-19(22-13-21-18)24-6-5-20-14-24/h3-6,11-14H,7-10H2,1-2H3. The van der Waals surface area contributed by atoms with Crippen LogP contribution in [0.4, 0.5) is 5.82 Å². The molecule has 1 aliphatic heterocycles. The molecule has 1 fully saturated rings. The van der Waals surface area contributed by atoms with E-state index in [4.69, 9.17) is 0 Å². The number of rotatable bonds is 4. The van der Waals surface area contributed by atoms with Gasteiger partial charge in [0.2, 0.25) is 10.0 Å². The average Bonchev–Trinajstić information content (AvgIpc) is 3.25. The third-order valence-corrected chi connectivity index (χ3v) is 6.98. The maximum Gasteiger partial charge on any atom is 0.243 e. The lowest BCUT2D eigenvalue weighted by Gasteiger charge is -2.34. The minimum Gasteiger partial charge on any atom is -0.354 e. The quantitative estimate of drug-likeness (QED) is 0.666. The highest BCUT2D eigenvalue weighted by atomic mass is 32.2. The Kier molecular flexibility index (Phi) is 4.86. The Bertz CT molecular complexity index is 1070. The molecule has 0 N–H and O–H groups in total. The zero-order chi connectivity index (χ0) is 19.7. The third-order valence-electron chi connectivity index (χ3n) is 5.09. The van der Waals surface area contributed by atoms with E-state index in [0.29, 0.717) is 31.1 Å². The number of hydrogen-bond acceptors (Lipinski definition) is 6. The summed E-state index contributed by atoms with van der Waals surface area (Å²) in [5.74, 6) is 1.51. The van der Waals surface area contributed by atoms with Gasteiger partial charge in [0, 0.05) is 44.6 Å². The molecule has 0 amide bonds. The van der Waals surface area contributed by atoms with E-state index in [9.17, 15) is 8.42 Å². The van der Waals surface area contributed by atoms with E-state index in [1.165, 1.54) is 6.33 Å². The molecular formula is C19H22N6O2S. The number of aromatic nitrogens is 4. The molecule has 146 valence electrons. The number of anilines is 1. The Labute approximate surface area is 164 Å². The summed E-state index contributed by atoms with van der Waals surface area (Å²) in [7, 11) is -3.49. The molecule has 3 aromatic rings. The first-order valence-electron chi connectivity index (χ1n) is 9.08. The molecule has 0 aliphatic carbocycles. The van der Waals surface area contributed by atoms with Gasteiger partial charge in [-0.2, -0.15) is 4.31 Å². The fraction of sp³-hybridized carbons (Fsp3) is 0.316. The lowest BCUT2D eigenvalue weighted by Crippen LogP contribution is -2.49. The van der Waals surface area contributed by atoms with E-state index in [0.717, 1.165) is 22.8 Å². The molecule has 4 rings (SSSR count). The highest BCUT2D eigenvalue weighted by molar-refractivity contribution is 7.89. The maximum atomic E-state index is 13.0. The molecule has 2 aromatic heterocycles. The van der Waals surface area contributed by atoms with Crippen LogP contribution in [0.25, 0.3) is 5.82 Å². The van der Waals surface area contributed by atoms with Gasteiger partial charge in [-0.05, 0) is 37.1 Å². The number of benzene rings is 1. The zero-order valence-electron chi connectivity index (χ0n) is 15.9. The van der Waals surface area contributed by atoms with E-state index < -0.39 is 10.0 Å². The molecule has 0 spiro atoms. The summed E-state index contributed by atoms with van der Waals surface area (Å²) < 4.78 is 29.3. The van der Waals surface area contributed by atoms with Crippen molar-refractivity contribution in [2.24, 2.45) is 0 Å². The number of sulfonamides is 1. The molecule has 1 aromatic carbocycles. The largest absolute Gasteiger partial charge is 0.354 e. The second-order valence-corrected chi connectivity index (χ2v) is 8.78. The first-order valence-corrected chi connectivity index (χ1v) is 10.5. The van der Waals surface area contributed by atoms with Crippen LogP contribution >= 0.6 is 0 Å². The Morgan fingerprint density at radius 2 is 1.68 bits per heavy atom. The number of aryl methyl sites for hydroxylation is 2. The van der Waals surface area contributed by atoms with Crippen LogP contribution in [-0.2, 0) is 10.0 Å². The van der Waals surface area contributed by atoms with Gasteiger partial charge in [0.1, 0.15) is 24.3 Å². The predicted molar refractivity (Wildman–Crippen MR) is 106 cm³/mol. The van der Waals surface area contributed by atoms with Crippen molar-refractivity contribution < 1.29 is 8.42 Å². The average molecular weight is 398 g/mol. The van der Waals surface area contributed by atoms with Crippen LogP contribution in [-0.4, -0.2) is 58.4 Å². The van der Waals surface area contributed by atoms with Crippen molar-refractivity contribution >= 4 is 15.8 Å². The van der Waals surface area contributed by atoms with Crippen molar-refractivity contribution in [3.05, 3.63) is 60.4 Å². The van der Waals surface area contributed by atoms with Gasteiger partial charge in [-0.1, -0.05) is 6.07 Å². The van der Waals surface area contributed by atoms with Crippen LogP contribution < -0.4 is 4.90 Å². The second-order valence-electron chi connectivity index (χ2n) is 6.84. The molecule has 0 radical (unpaired) electrons. The first kappa shape index (κ1) is 18.6. The van der Waals surface area contributed by atoms with Gasteiger partial charge < -0.3 is 4.90 Å². The van der Waals surface area contributed by atoms with Crippen molar-refractivity contribution in [2.75, 3.05) is 31.1 Å². The van der Waals surface area contributed by atoms with Gasteiger partial charge in [-0.3, -0.25) is 4.57 Å². The van der Waals surface area contributed by atoms with Crippen molar-refractivity contribution in [3.63, 3.8) is 0 Å². The molecule has 0 bridgehead atoms. The topological polar surface area (TPSA) is 84.2 Å². The number of hydrogen-bond donors (Lipinski definition) is 0. The van der Waals surface area contributed by atoms with Crippen LogP contribution in [0.3, 0.4) is 0 Å². The van der Waals surface area contributed by atoms with Crippen molar-refractivity contribution in [1.29, 1.82) is 0 Å².